The molecule has 8 nitrogen and oxygen atoms in total. The van der Waals surface area contributed by atoms with Gasteiger partial charge in [0.25, 0.3) is 0 Å². The van der Waals surface area contributed by atoms with E-state index >= 15 is 0 Å². The summed E-state index contributed by atoms with van der Waals surface area (Å²) in [5, 5.41) is 0. The van der Waals surface area contributed by atoms with E-state index in [9.17, 15) is 18.0 Å². The highest BCUT2D eigenvalue weighted by Crippen LogP contribution is 2.33. The first kappa shape index (κ1) is 23.3. The molecule has 2 heterocycles. The number of methoxy groups -OCH3 is 1. The fraction of sp³-hybridized carbons (Fsp3) is 0.417. The van der Waals surface area contributed by atoms with E-state index in [0.29, 0.717) is 41.5 Å². The second kappa shape index (κ2) is 9.15. The lowest BCUT2D eigenvalue weighted by molar-refractivity contribution is -0.136. The average Bonchev–Trinajstić information content (AvgIpc) is 3.21. The van der Waals surface area contributed by atoms with Crippen LogP contribution in [0.1, 0.15) is 17.5 Å². The number of carbonyl (C=O) groups is 2. The molecule has 0 N–H and O–H groups in total. The molecular weight excluding hydrogens is 442 g/mol. The monoisotopic (exact) mass is 471 g/mol. The molecule has 2 fully saturated rings. The summed E-state index contributed by atoms with van der Waals surface area (Å²) in [6, 6.07) is 12.6. The van der Waals surface area contributed by atoms with Gasteiger partial charge in [-0.25, -0.2) is 8.42 Å². The Hall–Kier alpha value is -2.91. The summed E-state index contributed by atoms with van der Waals surface area (Å²) in [4.78, 5) is 29.4. The summed E-state index contributed by atoms with van der Waals surface area (Å²) >= 11 is 0. The van der Waals surface area contributed by atoms with Crippen molar-refractivity contribution in [3.05, 3.63) is 53.6 Å². The lowest BCUT2D eigenvalue weighted by Crippen LogP contribution is -2.52. The van der Waals surface area contributed by atoms with Gasteiger partial charge in [-0.3, -0.25) is 9.59 Å². The van der Waals surface area contributed by atoms with Gasteiger partial charge in [0.15, 0.2) is 0 Å². The Morgan fingerprint density at radius 1 is 1.03 bits per heavy atom. The predicted octanol–water partition coefficient (Wildman–Crippen LogP) is 2.20. The molecule has 0 saturated carbocycles. The third kappa shape index (κ3) is 4.47. The lowest BCUT2D eigenvalue weighted by Gasteiger charge is -2.35. The van der Waals surface area contributed by atoms with Gasteiger partial charge in [0.05, 0.1) is 23.6 Å². The summed E-state index contributed by atoms with van der Waals surface area (Å²) in [7, 11) is -2.08. The summed E-state index contributed by atoms with van der Waals surface area (Å²) in [5.74, 6) is -0.0904. The molecule has 0 aliphatic carbocycles. The van der Waals surface area contributed by atoms with Crippen LogP contribution in [0.5, 0.6) is 5.75 Å². The first-order valence-electron chi connectivity index (χ1n) is 11.0. The van der Waals surface area contributed by atoms with Crippen LogP contribution in [0.4, 0.5) is 5.69 Å². The molecule has 2 amide bonds. The van der Waals surface area contributed by atoms with Gasteiger partial charge < -0.3 is 14.5 Å². The number of hydrogen-bond donors (Lipinski definition) is 0. The molecule has 2 aliphatic rings. The second-order valence-corrected chi connectivity index (χ2v) is 10.5. The number of piperazine rings is 1. The van der Waals surface area contributed by atoms with Crippen LogP contribution in [0.3, 0.4) is 0 Å². The maximum Gasteiger partial charge on any atom is 0.243 e. The van der Waals surface area contributed by atoms with Crippen LogP contribution >= 0.6 is 0 Å². The molecule has 2 aromatic carbocycles. The van der Waals surface area contributed by atoms with Crippen LogP contribution in [0, 0.1) is 19.8 Å². The Labute approximate surface area is 194 Å². The van der Waals surface area contributed by atoms with E-state index in [1.54, 1.807) is 42.0 Å². The van der Waals surface area contributed by atoms with Crippen LogP contribution in [0.2, 0.25) is 0 Å². The number of amides is 2. The van der Waals surface area contributed by atoms with Crippen LogP contribution in [0.15, 0.2) is 47.4 Å². The summed E-state index contributed by atoms with van der Waals surface area (Å²) < 4.78 is 33.1. The molecule has 4 rings (SSSR count). The van der Waals surface area contributed by atoms with Gasteiger partial charge in [0.1, 0.15) is 5.75 Å². The zero-order valence-electron chi connectivity index (χ0n) is 19.2. The molecule has 1 atom stereocenters. The highest BCUT2D eigenvalue weighted by Gasteiger charge is 2.39. The van der Waals surface area contributed by atoms with E-state index < -0.39 is 15.9 Å². The second-order valence-electron chi connectivity index (χ2n) is 8.58. The predicted molar refractivity (Wildman–Crippen MR) is 125 cm³/mol. The maximum atomic E-state index is 13.2. The minimum absolute atomic E-state index is 0.107. The van der Waals surface area contributed by atoms with Crippen molar-refractivity contribution in [2.45, 2.75) is 25.2 Å². The van der Waals surface area contributed by atoms with Crippen molar-refractivity contribution in [3.8, 4) is 5.75 Å². The van der Waals surface area contributed by atoms with E-state index in [1.165, 1.54) is 4.31 Å². The van der Waals surface area contributed by atoms with Crippen molar-refractivity contribution in [1.29, 1.82) is 0 Å². The largest absolute Gasteiger partial charge is 0.495 e. The Morgan fingerprint density at radius 2 is 1.73 bits per heavy atom. The molecule has 0 bridgehead atoms. The van der Waals surface area contributed by atoms with Gasteiger partial charge in [0, 0.05) is 39.1 Å². The van der Waals surface area contributed by atoms with Crippen molar-refractivity contribution in [1.82, 2.24) is 9.21 Å². The van der Waals surface area contributed by atoms with Crippen LogP contribution < -0.4 is 9.64 Å². The highest BCUT2D eigenvalue weighted by molar-refractivity contribution is 7.89. The van der Waals surface area contributed by atoms with E-state index in [-0.39, 0.29) is 31.3 Å². The number of nitrogens with zero attached hydrogens (tertiary/aromatic N) is 3. The maximum absolute atomic E-state index is 13.2. The number of hydrogen-bond acceptors (Lipinski definition) is 5. The minimum Gasteiger partial charge on any atom is -0.495 e. The SMILES string of the molecule is COc1ccccc1N1CC(C(=O)N2CCN(S(=O)(=O)c3cc(C)ccc3C)CC2)CC1=O. The molecule has 1 unspecified atom stereocenters. The number of aryl methyl sites for hydroxylation is 2. The van der Waals surface area contributed by atoms with E-state index in [2.05, 4.69) is 0 Å². The van der Waals surface area contributed by atoms with Crippen molar-refractivity contribution in [2.75, 3.05) is 44.7 Å². The topological polar surface area (TPSA) is 87.2 Å². The summed E-state index contributed by atoms with van der Waals surface area (Å²) in [6.07, 6.45) is 0.137. The van der Waals surface area contributed by atoms with Gasteiger partial charge >= 0.3 is 0 Å². The standard InChI is InChI=1S/C24H29N3O5S/c1-17-8-9-18(2)22(14-17)33(30,31)26-12-10-25(11-13-26)24(29)19-15-23(28)27(16-19)20-6-4-5-7-21(20)32-3/h4-9,14,19H,10-13,15-16H2,1-3H3. The molecule has 176 valence electrons. The smallest absolute Gasteiger partial charge is 0.243 e. The lowest BCUT2D eigenvalue weighted by atomic mass is 10.1. The highest BCUT2D eigenvalue weighted by atomic mass is 32.2. The summed E-state index contributed by atoms with van der Waals surface area (Å²) in [5.41, 5.74) is 2.25. The number of carbonyl (C=O) groups excluding carboxylic acids is 2. The molecule has 0 aromatic heterocycles. The normalized spacial score (nSPS) is 19.7. The zero-order chi connectivity index (χ0) is 23.8. The minimum atomic E-state index is -3.63. The van der Waals surface area contributed by atoms with E-state index in [0.717, 1.165) is 5.56 Å². The molecule has 0 spiro atoms. The molecule has 33 heavy (non-hydrogen) atoms. The number of rotatable bonds is 5. The molecule has 2 saturated heterocycles. The number of anilines is 1. The fourth-order valence-electron chi connectivity index (χ4n) is 4.49. The average molecular weight is 472 g/mol. The number of para-hydroxylation sites is 2. The quantitative estimate of drug-likeness (QED) is 0.667. The third-order valence-electron chi connectivity index (χ3n) is 6.36. The molecule has 9 heteroatoms. The van der Waals surface area contributed by atoms with Gasteiger partial charge in [0.2, 0.25) is 21.8 Å². The first-order valence-corrected chi connectivity index (χ1v) is 12.5. The number of sulfonamides is 1. The van der Waals surface area contributed by atoms with E-state index in [1.807, 2.05) is 31.2 Å². The van der Waals surface area contributed by atoms with Crippen molar-refractivity contribution < 1.29 is 22.7 Å². The zero-order valence-corrected chi connectivity index (χ0v) is 20.0. The Balaban J connectivity index is 1.42. The molecular formula is C24H29N3O5S. The van der Waals surface area contributed by atoms with Gasteiger partial charge in [-0.15, -0.1) is 0 Å². The van der Waals surface area contributed by atoms with Crippen molar-refractivity contribution in [2.24, 2.45) is 5.92 Å². The molecule has 2 aromatic rings. The fourth-order valence-corrected chi connectivity index (χ4v) is 6.22. The van der Waals surface area contributed by atoms with Crippen LogP contribution in [-0.4, -0.2) is 69.3 Å². The van der Waals surface area contributed by atoms with Crippen LogP contribution in [-0.2, 0) is 19.6 Å². The third-order valence-corrected chi connectivity index (χ3v) is 8.40. The number of benzene rings is 2. The van der Waals surface area contributed by atoms with Crippen molar-refractivity contribution >= 4 is 27.5 Å². The van der Waals surface area contributed by atoms with Crippen LogP contribution in [0.25, 0.3) is 0 Å². The number of ether oxygens (including phenoxy) is 1. The molecule has 2 aliphatic heterocycles. The summed E-state index contributed by atoms with van der Waals surface area (Å²) in [6.45, 7) is 5.03. The Kier molecular flexibility index (Phi) is 6.45. The molecule has 0 radical (unpaired) electrons. The Bertz CT molecular complexity index is 1170. The van der Waals surface area contributed by atoms with Gasteiger partial charge in [-0.1, -0.05) is 24.3 Å². The van der Waals surface area contributed by atoms with Gasteiger partial charge in [-0.05, 0) is 43.2 Å². The van der Waals surface area contributed by atoms with E-state index in [4.69, 9.17) is 4.74 Å². The Morgan fingerprint density at radius 3 is 2.42 bits per heavy atom. The van der Waals surface area contributed by atoms with Gasteiger partial charge in [-0.2, -0.15) is 4.31 Å². The first-order chi connectivity index (χ1) is 15.7. The van der Waals surface area contributed by atoms with Crippen molar-refractivity contribution in [3.63, 3.8) is 0 Å².